The van der Waals surface area contributed by atoms with E-state index in [1.807, 2.05) is 24.3 Å². The van der Waals surface area contributed by atoms with Crippen LogP contribution >= 0.6 is 0 Å². The summed E-state index contributed by atoms with van der Waals surface area (Å²) < 4.78 is 11.1. The Kier molecular flexibility index (Phi) is 3.92. The number of benzene rings is 1. The molecule has 4 rings (SSSR count). The molecular weight excluding hydrogens is 358 g/mol. The van der Waals surface area contributed by atoms with Crippen LogP contribution in [0.15, 0.2) is 52.6 Å². The van der Waals surface area contributed by atoms with E-state index < -0.39 is 11.4 Å². The Morgan fingerprint density at radius 3 is 2.82 bits per heavy atom. The maximum absolute atomic E-state index is 13.8. The van der Waals surface area contributed by atoms with Crippen LogP contribution in [0.4, 0.5) is 6.01 Å². The molecule has 0 radical (unpaired) electrons. The first-order chi connectivity index (χ1) is 13.3. The third kappa shape index (κ3) is 2.13. The van der Waals surface area contributed by atoms with Gasteiger partial charge in [0.05, 0.1) is 11.7 Å². The van der Waals surface area contributed by atoms with Crippen LogP contribution in [0.1, 0.15) is 32.0 Å². The van der Waals surface area contributed by atoms with Gasteiger partial charge in [-0.1, -0.05) is 30.3 Å². The van der Waals surface area contributed by atoms with Gasteiger partial charge in [-0.3, -0.25) is 4.79 Å². The average molecular weight is 379 g/mol. The summed E-state index contributed by atoms with van der Waals surface area (Å²) in [5.74, 6) is -0.443. The number of ether oxygens (including phenoxy) is 1. The second-order valence-corrected chi connectivity index (χ2v) is 7.14. The number of rotatable bonds is 4. The highest BCUT2D eigenvalue weighted by molar-refractivity contribution is 6.14. The minimum absolute atomic E-state index is 0.0527. The lowest BCUT2D eigenvalue weighted by Crippen LogP contribution is -2.42. The smallest absolute Gasteiger partial charge is 0.337 e. The van der Waals surface area contributed by atoms with Crippen LogP contribution in [-0.4, -0.2) is 34.4 Å². The van der Waals surface area contributed by atoms with Gasteiger partial charge in [0, 0.05) is 17.8 Å². The second-order valence-electron chi connectivity index (χ2n) is 7.14. The molecule has 2 N–H and O–H groups in total. The van der Waals surface area contributed by atoms with E-state index in [4.69, 9.17) is 14.9 Å². The molecule has 0 unspecified atom stereocenters. The van der Waals surface area contributed by atoms with Crippen molar-refractivity contribution in [2.75, 3.05) is 12.3 Å². The van der Waals surface area contributed by atoms with Gasteiger partial charge in [0.1, 0.15) is 5.69 Å². The summed E-state index contributed by atoms with van der Waals surface area (Å²) in [5.41, 5.74) is 6.81. The summed E-state index contributed by atoms with van der Waals surface area (Å²) in [4.78, 5) is 32.8. The number of esters is 1. The summed E-state index contributed by atoms with van der Waals surface area (Å²) in [6.07, 6.45) is 1.27. The molecule has 144 valence electrons. The summed E-state index contributed by atoms with van der Waals surface area (Å²) in [6.45, 7) is 9.25. The normalized spacial score (nSPS) is 20.1. The van der Waals surface area contributed by atoms with Gasteiger partial charge in [0.15, 0.2) is 11.2 Å². The summed E-state index contributed by atoms with van der Waals surface area (Å²) in [5, 5.41) is 0. The summed E-state index contributed by atoms with van der Waals surface area (Å²) in [7, 11) is 0. The molecule has 0 saturated carbocycles. The van der Waals surface area contributed by atoms with Crippen LogP contribution < -0.4 is 5.73 Å². The van der Waals surface area contributed by atoms with Crippen LogP contribution in [0.2, 0.25) is 0 Å². The Balaban J connectivity index is 2.07. The van der Waals surface area contributed by atoms with Crippen molar-refractivity contribution in [3.63, 3.8) is 0 Å². The van der Waals surface area contributed by atoms with Crippen LogP contribution in [0.5, 0.6) is 0 Å². The van der Waals surface area contributed by atoms with Crippen molar-refractivity contribution in [2.45, 2.75) is 32.3 Å². The molecule has 2 heterocycles. The van der Waals surface area contributed by atoms with Gasteiger partial charge < -0.3 is 19.8 Å². The minimum atomic E-state index is -1.44. The number of oxazole rings is 1. The van der Waals surface area contributed by atoms with Crippen molar-refractivity contribution >= 4 is 17.9 Å². The van der Waals surface area contributed by atoms with E-state index in [-0.39, 0.29) is 30.1 Å². The fourth-order valence-corrected chi connectivity index (χ4v) is 4.17. The van der Waals surface area contributed by atoms with Crippen molar-refractivity contribution in [1.82, 2.24) is 9.88 Å². The zero-order valence-electron chi connectivity index (χ0n) is 16.0. The van der Waals surface area contributed by atoms with Gasteiger partial charge in [-0.2, -0.15) is 4.98 Å². The SMILES string of the molecule is C=CCN1C(=O)[C@@]2(C(C(=O)OC(C)C)=C1C)c1ccccc1-c1oc(N)nc12. The summed E-state index contributed by atoms with van der Waals surface area (Å²) in [6, 6.07) is 7.25. The number of nitrogen functional groups attached to an aromatic ring is 1. The Hall–Kier alpha value is -3.35. The van der Waals surface area contributed by atoms with Crippen molar-refractivity contribution in [1.29, 1.82) is 0 Å². The first-order valence-electron chi connectivity index (χ1n) is 9.05. The van der Waals surface area contributed by atoms with E-state index in [0.717, 1.165) is 0 Å². The number of anilines is 1. The number of nitrogens with zero attached hydrogens (tertiary/aromatic N) is 2. The van der Waals surface area contributed by atoms with Gasteiger partial charge >= 0.3 is 5.97 Å². The number of fused-ring (bicyclic) bond motifs is 5. The van der Waals surface area contributed by atoms with Crippen molar-refractivity contribution < 1.29 is 18.7 Å². The molecular formula is C21H21N3O4. The fourth-order valence-electron chi connectivity index (χ4n) is 4.17. The molecule has 1 aromatic heterocycles. The van der Waals surface area contributed by atoms with Gasteiger partial charge in [-0.15, -0.1) is 6.58 Å². The number of hydrogen-bond acceptors (Lipinski definition) is 6. The highest BCUT2D eigenvalue weighted by Gasteiger charge is 2.63. The van der Waals surface area contributed by atoms with E-state index in [0.29, 0.717) is 28.3 Å². The van der Waals surface area contributed by atoms with Crippen LogP contribution in [0.25, 0.3) is 11.3 Å². The molecule has 0 fully saturated rings. The van der Waals surface area contributed by atoms with E-state index in [1.165, 1.54) is 4.90 Å². The summed E-state index contributed by atoms with van der Waals surface area (Å²) >= 11 is 0. The predicted molar refractivity (Wildman–Crippen MR) is 103 cm³/mol. The lowest BCUT2D eigenvalue weighted by molar-refractivity contribution is -0.144. The largest absolute Gasteiger partial charge is 0.460 e. The van der Waals surface area contributed by atoms with Crippen molar-refractivity contribution in [3.8, 4) is 11.3 Å². The van der Waals surface area contributed by atoms with Crippen LogP contribution in [0, 0.1) is 0 Å². The van der Waals surface area contributed by atoms with Gasteiger partial charge in [0.2, 0.25) is 5.91 Å². The van der Waals surface area contributed by atoms with Gasteiger partial charge in [0.25, 0.3) is 6.01 Å². The molecule has 1 spiro atoms. The monoisotopic (exact) mass is 379 g/mol. The molecule has 0 saturated heterocycles. The predicted octanol–water partition coefficient (Wildman–Crippen LogP) is 2.78. The molecule has 1 aromatic carbocycles. The zero-order chi connectivity index (χ0) is 20.2. The highest BCUT2D eigenvalue weighted by atomic mass is 16.5. The molecule has 2 aromatic rings. The van der Waals surface area contributed by atoms with E-state index in [2.05, 4.69) is 11.6 Å². The molecule has 28 heavy (non-hydrogen) atoms. The second kappa shape index (κ2) is 6.09. The Morgan fingerprint density at radius 2 is 2.14 bits per heavy atom. The quantitative estimate of drug-likeness (QED) is 0.648. The maximum atomic E-state index is 13.8. The Labute approximate surface area is 162 Å². The number of aromatic nitrogens is 1. The lowest BCUT2D eigenvalue weighted by atomic mass is 9.74. The molecule has 7 heteroatoms. The zero-order valence-corrected chi connectivity index (χ0v) is 16.0. The first-order valence-corrected chi connectivity index (χ1v) is 9.05. The lowest BCUT2D eigenvalue weighted by Gasteiger charge is -2.26. The van der Waals surface area contributed by atoms with E-state index in [9.17, 15) is 9.59 Å². The number of nitrogens with two attached hydrogens (primary N) is 1. The standard InChI is InChI=1S/C21H21N3O4/c1-5-10-24-12(4)15(18(25)27-11(2)3)21(19(24)26)14-9-7-6-8-13(14)16-17(21)23-20(22)28-16/h5-9,11H,1,10H2,2-4H3,(H2,22,23)/t21-/m1/s1. The topological polar surface area (TPSA) is 98.7 Å². The molecule has 0 bridgehead atoms. The third-order valence-electron chi connectivity index (χ3n) is 5.14. The number of hydrogen-bond donors (Lipinski definition) is 1. The molecule has 7 nitrogen and oxygen atoms in total. The van der Waals surface area contributed by atoms with E-state index >= 15 is 0 Å². The van der Waals surface area contributed by atoms with Crippen LogP contribution in [-0.2, 0) is 19.7 Å². The highest BCUT2D eigenvalue weighted by Crippen LogP contribution is 2.57. The average Bonchev–Trinajstić information content (AvgIpc) is 3.21. The number of amides is 1. The molecule has 2 aliphatic rings. The molecule has 1 atom stereocenters. The van der Waals surface area contributed by atoms with Crippen molar-refractivity contribution in [2.24, 2.45) is 0 Å². The Bertz CT molecular complexity index is 1050. The van der Waals surface area contributed by atoms with Gasteiger partial charge in [-0.25, -0.2) is 4.79 Å². The van der Waals surface area contributed by atoms with Crippen molar-refractivity contribution in [3.05, 3.63) is 59.4 Å². The van der Waals surface area contributed by atoms with E-state index in [1.54, 1.807) is 26.8 Å². The number of carbonyl (C=O) groups excluding carboxylic acids is 2. The maximum Gasteiger partial charge on any atom is 0.337 e. The van der Waals surface area contributed by atoms with Crippen LogP contribution in [0.3, 0.4) is 0 Å². The van der Waals surface area contributed by atoms with Gasteiger partial charge in [-0.05, 0) is 26.3 Å². The minimum Gasteiger partial charge on any atom is -0.460 e. The number of allylic oxidation sites excluding steroid dienone is 1. The molecule has 1 amide bonds. The first kappa shape index (κ1) is 18.0. The Morgan fingerprint density at radius 1 is 1.43 bits per heavy atom. The number of carbonyl (C=O) groups is 2. The molecule has 1 aliphatic heterocycles. The molecule has 1 aliphatic carbocycles. The third-order valence-corrected chi connectivity index (χ3v) is 5.14. The fraction of sp³-hybridized carbons (Fsp3) is 0.286.